The summed E-state index contributed by atoms with van der Waals surface area (Å²) in [6.07, 6.45) is 10.1. The van der Waals surface area contributed by atoms with Crippen molar-refractivity contribution in [1.29, 1.82) is 0 Å². The van der Waals surface area contributed by atoms with Gasteiger partial charge in [0.25, 0.3) is 5.56 Å². The Morgan fingerprint density at radius 2 is 2.17 bits per heavy atom. The molecule has 1 N–H and O–H groups in total. The SMILES string of the molecule is O=C(CSc1nc2ccccc2c(=O)n1CCC1=CCCCC1)NC[C@@H]1CCCO1. The molecule has 1 fully saturated rings. The summed E-state index contributed by atoms with van der Waals surface area (Å²) in [5.74, 6) is 0.180. The first-order valence-corrected chi connectivity index (χ1v) is 11.9. The van der Waals surface area contributed by atoms with E-state index in [0.29, 0.717) is 29.1 Å². The Morgan fingerprint density at radius 1 is 1.27 bits per heavy atom. The van der Waals surface area contributed by atoms with Crippen LogP contribution in [-0.4, -0.2) is 40.5 Å². The molecule has 2 heterocycles. The van der Waals surface area contributed by atoms with Crippen molar-refractivity contribution in [2.75, 3.05) is 18.9 Å². The van der Waals surface area contributed by atoms with E-state index in [4.69, 9.17) is 9.72 Å². The van der Waals surface area contributed by atoms with Gasteiger partial charge < -0.3 is 10.1 Å². The second-order valence-electron chi connectivity index (χ2n) is 7.95. The summed E-state index contributed by atoms with van der Waals surface area (Å²) < 4.78 is 7.30. The number of rotatable bonds is 8. The van der Waals surface area contributed by atoms with Gasteiger partial charge in [-0.25, -0.2) is 4.98 Å². The van der Waals surface area contributed by atoms with E-state index in [1.54, 1.807) is 4.57 Å². The molecule has 6 nitrogen and oxygen atoms in total. The van der Waals surface area contributed by atoms with E-state index in [1.807, 2.05) is 24.3 Å². The number of benzene rings is 1. The highest BCUT2D eigenvalue weighted by Gasteiger charge is 2.17. The van der Waals surface area contributed by atoms with Crippen LogP contribution in [0.25, 0.3) is 10.9 Å². The summed E-state index contributed by atoms with van der Waals surface area (Å²) in [5.41, 5.74) is 2.07. The van der Waals surface area contributed by atoms with Crippen LogP contribution in [0, 0.1) is 0 Å². The van der Waals surface area contributed by atoms with Gasteiger partial charge in [-0.1, -0.05) is 35.5 Å². The number of hydrogen-bond donors (Lipinski definition) is 1. The van der Waals surface area contributed by atoms with Gasteiger partial charge in [-0.3, -0.25) is 14.2 Å². The van der Waals surface area contributed by atoms with Crippen LogP contribution in [-0.2, 0) is 16.1 Å². The van der Waals surface area contributed by atoms with Crippen molar-refractivity contribution < 1.29 is 9.53 Å². The zero-order valence-electron chi connectivity index (χ0n) is 17.3. The Balaban J connectivity index is 1.47. The highest BCUT2D eigenvalue weighted by atomic mass is 32.2. The third-order valence-corrected chi connectivity index (χ3v) is 6.73. The number of amides is 1. The maximum Gasteiger partial charge on any atom is 0.262 e. The van der Waals surface area contributed by atoms with Crippen LogP contribution >= 0.6 is 11.8 Å². The van der Waals surface area contributed by atoms with Crippen LogP contribution in [0.15, 0.2) is 45.9 Å². The van der Waals surface area contributed by atoms with Gasteiger partial charge in [0.15, 0.2) is 5.16 Å². The second kappa shape index (κ2) is 10.3. The number of nitrogens with one attached hydrogen (secondary N) is 1. The summed E-state index contributed by atoms with van der Waals surface area (Å²) in [4.78, 5) is 30.2. The number of aromatic nitrogens is 2. The molecule has 0 spiro atoms. The molecule has 1 aromatic carbocycles. The monoisotopic (exact) mass is 427 g/mol. The van der Waals surface area contributed by atoms with Crippen LogP contribution in [0.5, 0.6) is 0 Å². The number of para-hydroxylation sites is 1. The van der Waals surface area contributed by atoms with Gasteiger partial charge in [-0.05, 0) is 57.1 Å². The molecule has 2 aliphatic rings. The molecule has 0 unspecified atom stereocenters. The van der Waals surface area contributed by atoms with Gasteiger partial charge in [0.1, 0.15) is 0 Å². The second-order valence-corrected chi connectivity index (χ2v) is 8.90. The molecule has 2 aromatic rings. The number of nitrogens with zero attached hydrogens (tertiary/aromatic N) is 2. The van der Waals surface area contributed by atoms with Gasteiger partial charge in [0.2, 0.25) is 5.91 Å². The number of hydrogen-bond acceptors (Lipinski definition) is 5. The van der Waals surface area contributed by atoms with Crippen molar-refractivity contribution in [3.8, 4) is 0 Å². The fraction of sp³-hybridized carbons (Fsp3) is 0.522. The number of carbonyl (C=O) groups is 1. The molecule has 7 heteroatoms. The Morgan fingerprint density at radius 3 is 2.97 bits per heavy atom. The van der Waals surface area contributed by atoms with Crippen LogP contribution in [0.4, 0.5) is 0 Å². The zero-order chi connectivity index (χ0) is 20.8. The summed E-state index contributed by atoms with van der Waals surface area (Å²) in [5, 5.41) is 4.18. The number of fused-ring (bicyclic) bond motifs is 1. The minimum absolute atomic E-state index is 0.0285. The Kier molecular flexibility index (Phi) is 7.23. The van der Waals surface area contributed by atoms with Crippen molar-refractivity contribution in [2.45, 2.75) is 62.8 Å². The van der Waals surface area contributed by atoms with Crippen LogP contribution in [0.1, 0.15) is 44.9 Å². The third kappa shape index (κ3) is 5.32. The lowest BCUT2D eigenvalue weighted by Crippen LogP contribution is -2.33. The molecule has 1 saturated heterocycles. The van der Waals surface area contributed by atoms with E-state index in [-0.39, 0.29) is 23.3 Å². The molecule has 1 aromatic heterocycles. The van der Waals surface area contributed by atoms with E-state index in [9.17, 15) is 9.59 Å². The molecule has 4 rings (SSSR count). The molecular formula is C23H29N3O3S. The van der Waals surface area contributed by atoms with Crippen LogP contribution in [0.3, 0.4) is 0 Å². The zero-order valence-corrected chi connectivity index (χ0v) is 18.1. The van der Waals surface area contributed by atoms with Crippen molar-refractivity contribution in [3.05, 3.63) is 46.3 Å². The van der Waals surface area contributed by atoms with E-state index in [2.05, 4.69) is 11.4 Å². The Labute approximate surface area is 181 Å². The van der Waals surface area contributed by atoms with Crippen molar-refractivity contribution in [2.24, 2.45) is 0 Å². The highest BCUT2D eigenvalue weighted by molar-refractivity contribution is 7.99. The molecule has 0 bridgehead atoms. The number of thioether (sulfide) groups is 1. The first-order valence-electron chi connectivity index (χ1n) is 10.9. The summed E-state index contributed by atoms with van der Waals surface area (Å²) in [6.45, 7) is 1.92. The van der Waals surface area contributed by atoms with Gasteiger partial charge >= 0.3 is 0 Å². The number of carbonyl (C=O) groups excluding carboxylic acids is 1. The average molecular weight is 428 g/mol. The molecule has 1 aliphatic heterocycles. The minimum atomic E-state index is -0.0561. The molecule has 0 radical (unpaired) electrons. The van der Waals surface area contributed by atoms with Crippen LogP contribution < -0.4 is 10.9 Å². The first kappa shape index (κ1) is 21.1. The fourth-order valence-corrected chi connectivity index (χ4v) is 4.91. The summed E-state index contributed by atoms with van der Waals surface area (Å²) in [7, 11) is 0. The summed E-state index contributed by atoms with van der Waals surface area (Å²) in [6, 6.07) is 7.43. The molecule has 1 atom stereocenters. The fourth-order valence-electron chi connectivity index (χ4n) is 4.06. The van der Waals surface area contributed by atoms with Gasteiger partial charge in [0, 0.05) is 19.7 Å². The molecule has 30 heavy (non-hydrogen) atoms. The van der Waals surface area contributed by atoms with Crippen molar-refractivity contribution >= 4 is 28.6 Å². The van der Waals surface area contributed by atoms with Gasteiger partial charge in [-0.15, -0.1) is 0 Å². The number of allylic oxidation sites excluding steroid dienone is 2. The van der Waals surface area contributed by atoms with E-state index in [0.717, 1.165) is 38.7 Å². The third-order valence-electron chi connectivity index (χ3n) is 5.75. The summed E-state index contributed by atoms with van der Waals surface area (Å²) >= 11 is 1.33. The maximum absolute atomic E-state index is 13.1. The molecular weight excluding hydrogens is 398 g/mol. The van der Waals surface area contributed by atoms with E-state index in [1.165, 1.54) is 30.2 Å². The minimum Gasteiger partial charge on any atom is -0.376 e. The topological polar surface area (TPSA) is 73.2 Å². The lowest BCUT2D eigenvalue weighted by atomic mass is 9.97. The number of ether oxygens (including phenoxy) is 1. The molecule has 160 valence electrons. The lowest BCUT2D eigenvalue weighted by molar-refractivity contribution is -0.119. The van der Waals surface area contributed by atoms with Crippen molar-refractivity contribution in [1.82, 2.24) is 14.9 Å². The van der Waals surface area contributed by atoms with Crippen LogP contribution in [0.2, 0.25) is 0 Å². The quantitative estimate of drug-likeness (QED) is 0.395. The van der Waals surface area contributed by atoms with Gasteiger partial charge in [0.05, 0.1) is 22.8 Å². The van der Waals surface area contributed by atoms with Gasteiger partial charge in [-0.2, -0.15) is 0 Å². The Hall–Kier alpha value is -2.12. The normalized spacial score (nSPS) is 19.1. The highest BCUT2D eigenvalue weighted by Crippen LogP contribution is 2.23. The maximum atomic E-state index is 13.1. The molecule has 1 aliphatic carbocycles. The largest absolute Gasteiger partial charge is 0.376 e. The average Bonchev–Trinajstić information content (AvgIpc) is 3.30. The van der Waals surface area contributed by atoms with E-state index < -0.39 is 0 Å². The molecule has 1 amide bonds. The Bertz CT molecular complexity index is 979. The smallest absolute Gasteiger partial charge is 0.262 e. The predicted molar refractivity (Wildman–Crippen MR) is 120 cm³/mol. The standard InChI is InChI=1S/C23H29N3O3S/c27-21(24-15-18-9-6-14-29-18)16-30-23-25-20-11-5-4-10-19(20)22(28)26(23)13-12-17-7-2-1-3-8-17/h4-5,7,10-11,18H,1-3,6,8-9,12-16H2,(H,24,27)/t18-/m0/s1. The predicted octanol–water partition coefficient (Wildman–Crippen LogP) is 3.67. The van der Waals surface area contributed by atoms with E-state index >= 15 is 0 Å². The van der Waals surface area contributed by atoms with Crippen molar-refractivity contribution in [3.63, 3.8) is 0 Å². The first-order chi connectivity index (χ1) is 14.7. The molecule has 0 saturated carbocycles. The lowest BCUT2D eigenvalue weighted by Gasteiger charge is -2.16.